The molecule has 2 aliphatic rings. The molecule has 0 bridgehead atoms. The highest BCUT2D eigenvalue weighted by Crippen LogP contribution is 2.33. The number of esters is 2. The van der Waals surface area contributed by atoms with Crippen molar-refractivity contribution in [1.29, 1.82) is 0 Å². The molecule has 16 nitrogen and oxygen atoms in total. The number of carbonyl (C=O) groups is 4. The second kappa shape index (κ2) is 27.1. The van der Waals surface area contributed by atoms with E-state index >= 15 is 0 Å². The molecule has 0 radical (unpaired) electrons. The molecule has 2 aliphatic carbocycles. The van der Waals surface area contributed by atoms with Crippen LogP contribution in [0.4, 0.5) is 0 Å². The molecule has 0 aliphatic heterocycles. The topological polar surface area (TPSA) is 192 Å². The summed E-state index contributed by atoms with van der Waals surface area (Å²) in [5, 5.41) is 15.7. The van der Waals surface area contributed by atoms with Gasteiger partial charge in [-0.15, -0.1) is 6.42 Å². The summed E-state index contributed by atoms with van der Waals surface area (Å²) >= 11 is 0. The Labute approximate surface area is 387 Å². The number of allylic oxidation sites excluding steroid dienone is 4. The van der Waals surface area contributed by atoms with Crippen LogP contribution in [0.15, 0.2) is 114 Å². The van der Waals surface area contributed by atoms with E-state index in [9.17, 15) is 19.2 Å². The lowest BCUT2D eigenvalue weighted by Crippen LogP contribution is -2.23. The molecule has 66 heavy (non-hydrogen) atoms. The van der Waals surface area contributed by atoms with Crippen LogP contribution < -0.4 is 9.47 Å². The van der Waals surface area contributed by atoms with Gasteiger partial charge >= 0.3 is 11.9 Å². The van der Waals surface area contributed by atoms with Crippen LogP contribution in [-0.2, 0) is 38.4 Å². The van der Waals surface area contributed by atoms with Crippen LogP contribution in [0.5, 0.6) is 11.5 Å². The molecular formula is C50H60N4O12. The number of hydrogen-bond donors (Lipinski definition) is 0. The Morgan fingerprint density at radius 3 is 1.30 bits per heavy atom. The SMILES string of the molecule is C#CCOc1ccc(C(=O)/C(C)=N/OCC2=C(/C(=N\OC)C(=O)OC)CC(C)=C(C)C2)cc1.CCCOc1ccc(C(=O)/C(C)=N/OCC2=C(/C(=N\OC)C(=O)OC)CC(C)=C(C)C2)cc1. The molecule has 2 aromatic rings. The number of oxime groups is 4. The average Bonchev–Trinajstić information content (AvgIpc) is 3.32. The summed E-state index contributed by atoms with van der Waals surface area (Å²) < 4.78 is 20.6. The molecule has 352 valence electrons. The fourth-order valence-corrected chi connectivity index (χ4v) is 6.49. The van der Waals surface area contributed by atoms with E-state index in [-0.39, 0.29) is 54.2 Å². The highest BCUT2D eigenvalue weighted by molar-refractivity contribution is 6.46. The van der Waals surface area contributed by atoms with Crippen LogP contribution in [0, 0.1) is 12.3 Å². The first-order chi connectivity index (χ1) is 31.6. The zero-order valence-electron chi connectivity index (χ0n) is 39.7. The Balaban J connectivity index is 0.000000350. The van der Waals surface area contributed by atoms with Gasteiger partial charge in [0, 0.05) is 11.1 Å². The van der Waals surface area contributed by atoms with Gasteiger partial charge in [0.25, 0.3) is 0 Å². The number of nitrogens with zero attached hydrogens (tertiary/aromatic N) is 4. The van der Waals surface area contributed by atoms with Crippen LogP contribution >= 0.6 is 0 Å². The van der Waals surface area contributed by atoms with Crippen molar-refractivity contribution in [1.82, 2.24) is 0 Å². The lowest BCUT2D eigenvalue weighted by atomic mass is 9.85. The standard InChI is InChI=1S/C25H32N2O6.C25H28N2O6/c2*1-7-12-32-21-10-8-19(9-11-21)24(28)18(4)26-33-15-20-13-16(2)17(3)14-22(20)23(27-31-6)25(29)30-5/h8-11H,7,12-15H2,1-6H3;1,8-11H,12-15H2,2-6H3/b2*26-18+,27-23+. The molecule has 0 unspecified atom stereocenters. The number of methoxy groups -OCH3 is 2. The van der Waals surface area contributed by atoms with Crippen molar-refractivity contribution in [3.63, 3.8) is 0 Å². The van der Waals surface area contributed by atoms with Crippen LogP contribution in [-0.4, -0.2) is 101 Å². The van der Waals surface area contributed by atoms with Crippen LogP contribution in [0.25, 0.3) is 0 Å². The third kappa shape index (κ3) is 15.5. The predicted octanol–water partition coefficient (Wildman–Crippen LogP) is 8.53. The summed E-state index contributed by atoms with van der Waals surface area (Å²) in [5.74, 6) is 1.98. The molecule has 0 atom stereocenters. The number of rotatable bonds is 21. The highest BCUT2D eigenvalue weighted by Gasteiger charge is 2.28. The maximum absolute atomic E-state index is 12.7. The minimum absolute atomic E-state index is 0.0865. The minimum atomic E-state index is -0.596. The Hall–Kier alpha value is -7.28. The summed E-state index contributed by atoms with van der Waals surface area (Å²) in [4.78, 5) is 70.5. The summed E-state index contributed by atoms with van der Waals surface area (Å²) in [6, 6.07) is 13.5. The fourth-order valence-electron chi connectivity index (χ4n) is 6.49. The molecule has 16 heteroatoms. The predicted molar refractivity (Wildman–Crippen MR) is 252 cm³/mol. The minimum Gasteiger partial charge on any atom is -0.494 e. The molecular weight excluding hydrogens is 849 g/mol. The van der Waals surface area contributed by atoms with Crippen molar-refractivity contribution in [3.8, 4) is 23.8 Å². The van der Waals surface area contributed by atoms with E-state index in [4.69, 9.17) is 44.7 Å². The van der Waals surface area contributed by atoms with Crippen molar-refractivity contribution in [2.45, 2.75) is 80.6 Å². The third-order valence-corrected chi connectivity index (χ3v) is 10.4. The van der Waals surface area contributed by atoms with Crippen molar-refractivity contribution >= 4 is 46.4 Å². The van der Waals surface area contributed by atoms with Gasteiger partial charge in [-0.2, -0.15) is 0 Å². The van der Waals surface area contributed by atoms with Crippen molar-refractivity contribution in [2.24, 2.45) is 20.6 Å². The first-order valence-electron chi connectivity index (χ1n) is 21.1. The zero-order valence-corrected chi connectivity index (χ0v) is 39.7. The highest BCUT2D eigenvalue weighted by atomic mass is 16.6. The number of ether oxygens (including phenoxy) is 4. The first kappa shape index (κ1) is 53.1. The smallest absolute Gasteiger partial charge is 0.360 e. The number of benzene rings is 2. The Morgan fingerprint density at radius 1 is 0.576 bits per heavy atom. The van der Waals surface area contributed by atoms with Gasteiger partial charge in [-0.1, -0.05) is 55.8 Å². The molecule has 0 saturated carbocycles. The summed E-state index contributed by atoms with van der Waals surface area (Å²) in [7, 11) is 5.32. The van der Waals surface area contributed by atoms with Gasteiger partial charge in [0.2, 0.25) is 11.6 Å². The van der Waals surface area contributed by atoms with Crippen molar-refractivity contribution < 1.29 is 57.5 Å². The quantitative estimate of drug-likeness (QED) is 0.0290. The van der Waals surface area contributed by atoms with Gasteiger partial charge in [-0.05, 0) is 144 Å². The summed E-state index contributed by atoms with van der Waals surface area (Å²) in [6.45, 7) is 14.2. The average molecular weight is 909 g/mol. The van der Waals surface area contributed by atoms with E-state index in [0.29, 0.717) is 66.1 Å². The molecule has 0 fully saturated rings. The molecule has 4 rings (SSSR count). The lowest BCUT2D eigenvalue weighted by Gasteiger charge is -2.22. The largest absolute Gasteiger partial charge is 0.494 e. The van der Waals surface area contributed by atoms with E-state index in [1.807, 2.05) is 34.6 Å². The van der Waals surface area contributed by atoms with Gasteiger partial charge < -0.3 is 38.3 Å². The third-order valence-electron chi connectivity index (χ3n) is 10.4. The molecule has 0 amide bonds. The number of hydrogen-bond acceptors (Lipinski definition) is 16. The lowest BCUT2D eigenvalue weighted by molar-refractivity contribution is -0.133. The molecule has 0 N–H and O–H groups in total. The number of Topliss-reactive ketones (excluding diaryl/α,β-unsaturated/α-hetero) is 2. The number of carbonyl (C=O) groups excluding carboxylic acids is 4. The molecule has 0 aromatic heterocycles. The van der Waals surface area contributed by atoms with E-state index in [0.717, 1.165) is 28.7 Å². The summed E-state index contributed by atoms with van der Waals surface area (Å²) in [5.41, 5.74) is 9.18. The van der Waals surface area contributed by atoms with Crippen LogP contribution in [0.2, 0.25) is 0 Å². The monoisotopic (exact) mass is 908 g/mol. The van der Waals surface area contributed by atoms with Crippen molar-refractivity contribution in [3.05, 3.63) is 104 Å². The molecule has 0 spiro atoms. The maximum atomic E-state index is 12.7. The maximum Gasteiger partial charge on any atom is 0.360 e. The second-order valence-corrected chi connectivity index (χ2v) is 15.2. The van der Waals surface area contributed by atoms with E-state index in [2.05, 4.69) is 26.5 Å². The summed E-state index contributed by atoms with van der Waals surface area (Å²) in [6.07, 6.45) is 8.30. The second-order valence-electron chi connectivity index (χ2n) is 15.2. The Kier molecular flexibility index (Phi) is 21.8. The van der Waals surface area contributed by atoms with Crippen molar-refractivity contribution in [2.75, 3.05) is 54.9 Å². The first-order valence-corrected chi connectivity index (χ1v) is 21.1. The molecule has 2 aromatic carbocycles. The van der Waals surface area contributed by atoms with Crippen LogP contribution in [0.3, 0.4) is 0 Å². The Bertz CT molecular complexity index is 2370. The van der Waals surface area contributed by atoms with Crippen LogP contribution in [0.1, 0.15) is 101 Å². The van der Waals surface area contributed by atoms with E-state index in [1.54, 1.807) is 62.4 Å². The van der Waals surface area contributed by atoms with E-state index < -0.39 is 11.9 Å². The normalized spacial score (nSPS) is 14.7. The van der Waals surface area contributed by atoms with Gasteiger partial charge in [0.05, 0.1) is 20.8 Å². The van der Waals surface area contributed by atoms with Gasteiger partial charge in [0.15, 0.2) is 11.4 Å². The van der Waals surface area contributed by atoms with Gasteiger partial charge in [-0.25, -0.2) is 9.59 Å². The molecule has 0 saturated heterocycles. The van der Waals surface area contributed by atoms with Gasteiger partial charge in [-0.3, -0.25) is 9.59 Å². The fraction of sp³-hybridized carbons (Fsp3) is 0.400. The number of terminal acetylenes is 1. The number of ketones is 2. The zero-order chi connectivity index (χ0) is 48.8. The Morgan fingerprint density at radius 2 is 0.955 bits per heavy atom. The van der Waals surface area contributed by atoms with E-state index in [1.165, 1.54) is 39.6 Å². The van der Waals surface area contributed by atoms with Gasteiger partial charge in [0.1, 0.15) is 57.0 Å². The molecule has 0 heterocycles.